The molecule has 0 aromatic heterocycles. The van der Waals surface area contributed by atoms with Crippen LogP contribution in [0.2, 0.25) is 0 Å². The molecule has 1 atom stereocenters. The Hall–Kier alpha value is -1.21. The Kier molecular flexibility index (Phi) is 5.73. The van der Waals surface area contributed by atoms with Gasteiger partial charge in [-0.3, -0.25) is 0 Å². The Morgan fingerprint density at radius 3 is 3.19 bits per heavy atom. The van der Waals surface area contributed by atoms with E-state index in [2.05, 4.69) is 11.2 Å². The van der Waals surface area contributed by atoms with E-state index in [1.165, 1.54) is 0 Å². The molecule has 2 amide bonds. The van der Waals surface area contributed by atoms with Gasteiger partial charge in [-0.15, -0.1) is 6.42 Å². The van der Waals surface area contributed by atoms with Gasteiger partial charge < -0.3 is 15.0 Å². The van der Waals surface area contributed by atoms with E-state index in [9.17, 15) is 4.79 Å². The summed E-state index contributed by atoms with van der Waals surface area (Å²) in [4.78, 5) is 13.5. The monoisotopic (exact) mass is 224 g/mol. The third kappa shape index (κ3) is 4.11. The highest BCUT2D eigenvalue weighted by molar-refractivity contribution is 5.74. The fourth-order valence-corrected chi connectivity index (χ4v) is 1.93. The maximum absolute atomic E-state index is 11.6. The molecule has 90 valence electrons. The van der Waals surface area contributed by atoms with Crippen molar-refractivity contribution < 1.29 is 9.53 Å². The van der Waals surface area contributed by atoms with Gasteiger partial charge >= 0.3 is 6.03 Å². The molecular formula is C12H20N2O2. The predicted molar refractivity (Wildman–Crippen MR) is 63.0 cm³/mol. The maximum Gasteiger partial charge on any atom is 0.317 e. The van der Waals surface area contributed by atoms with Crippen molar-refractivity contribution in [1.29, 1.82) is 0 Å². The van der Waals surface area contributed by atoms with Crippen LogP contribution in [0, 0.1) is 18.3 Å². The number of carbonyl (C=O) groups is 1. The van der Waals surface area contributed by atoms with Crippen molar-refractivity contribution >= 4 is 6.03 Å². The lowest BCUT2D eigenvalue weighted by atomic mass is 9.99. The number of carbonyl (C=O) groups excluding carboxylic acids is 1. The summed E-state index contributed by atoms with van der Waals surface area (Å²) in [5, 5.41) is 2.82. The highest BCUT2D eigenvalue weighted by Gasteiger charge is 2.23. The second kappa shape index (κ2) is 7.13. The standard InChI is InChI=1S/C12H20N2O2/c1-3-8-16-10-11-6-5-7-14(9-11)12(15)13-4-2/h1,11H,4-10H2,2H3,(H,13,15). The summed E-state index contributed by atoms with van der Waals surface area (Å²) < 4.78 is 5.32. The first kappa shape index (κ1) is 12.9. The van der Waals surface area contributed by atoms with Crippen LogP contribution in [0.15, 0.2) is 0 Å². The lowest BCUT2D eigenvalue weighted by molar-refractivity contribution is 0.0859. The average molecular weight is 224 g/mol. The average Bonchev–Trinajstić information content (AvgIpc) is 2.30. The van der Waals surface area contributed by atoms with Gasteiger partial charge in [-0.05, 0) is 19.8 Å². The molecule has 0 aromatic carbocycles. The van der Waals surface area contributed by atoms with Crippen LogP contribution >= 0.6 is 0 Å². The minimum absolute atomic E-state index is 0.0316. The number of likely N-dealkylation sites (tertiary alicyclic amines) is 1. The smallest absolute Gasteiger partial charge is 0.317 e. The molecule has 4 heteroatoms. The van der Waals surface area contributed by atoms with E-state index in [0.717, 1.165) is 25.9 Å². The summed E-state index contributed by atoms with van der Waals surface area (Å²) in [6.07, 6.45) is 7.26. The van der Waals surface area contributed by atoms with Crippen LogP contribution in [0.25, 0.3) is 0 Å². The van der Waals surface area contributed by atoms with Crippen molar-refractivity contribution in [3.8, 4) is 12.3 Å². The first-order valence-electron chi connectivity index (χ1n) is 5.82. The van der Waals surface area contributed by atoms with Gasteiger partial charge in [0.2, 0.25) is 0 Å². The number of nitrogens with zero attached hydrogens (tertiary/aromatic N) is 1. The van der Waals surface area contributed by atoms with Crippen molar-refractivity contribution in [3.63, 3.8) is 0 Å². The lowest BCUT2D eigenvalue weighted by Crippen LogP contribution is -2.46. The van der Waals surface area contributed by atoms with Crippen LogP contribution in [-0.4, -0.2) is 43.8 Å². The molecule has 1 rings (SSSR count). The maximum atomic E-state index is 11.6. The third-order valence-electron chi connectivity index (χ3n) is 2.67. The molecule has 0 aromatic rings. The number of nitrogens with one attached hydrogen (secondary N) is 1. The van der Waals surface area contributed by atoms with E-state index in [0.29, 0.717) is 25.7 Å². The molecule has 0 bridgehead atoms. The fraction of sp³-hybridized carbons (Fsp3) is 0.750. The van der Waals surface area contributed by atoms with Gasteiger partial charge in [0.25, 0.3) is 0 Å². The van der Waals surface area contributed by atoms with E-state index in [-0.39, 0.29) is 6.03 Å². The van der Waals surface area contributed by atoms with Gasteiger partial charge in [0, 0.05) is 25.6 Å². The van der Waals surface area contributed by atoms with Gasteiger partial charge in [0.15, 0.2) is 0 Å². The summed E-state index contributed by atoms with van der Waals surface area (Å²) in [5.41, 5.74) is 0. The minimum atomic E-state index is 0.0316. The molecule has 1 heterocycles. The van der Waals surface area contributed by atoms with E-state index in [4.69, 9.17) is 11.2 Å². The number of terminal acetylenes is 1. The highest BCUT2D eigenvalue weighted by atomic mass is 16.5. The van der Waals surface area contributed by atoms with E-state index >= 15 is 0 Å². The summed E-state index contributed by atoms with van der Waals surface area (Å²) in [6.45, 7) is 5.23. The quantitative estimate of drug-likeness (QED) is 0.573. The first-order chi connectivity index (χ1) is 7.77. The van der Waals surface area contributed by atoms with Crippen molar-refractivity contribution in [3.05, 3.63) is 0 Å². The number of piperidine rings is 1. The number of rotatable bonds is 4. The Morgan fingerprint density at radius 2 is 2.50 bits per heavy atom. The van der Waals surface area contributed by atoms with Crippen LogP contribution in [0.3, 0.4) is 0 Å². The molecule has 1 aliphatic rings. The van der Waals surface area contributed by atoms with Gasteiger partial charge in [0.1, 0.15) is 6.61 Å². The molecule has 0 spiro atoms. The molecule has 0 saturated carbocycles. The van der Waals surface area contributed by atoms with Gasteiger partial charge in [-0.2, -0.15) is 0 Å². The molecule has 1 unspecified atom stereocenters. The fourth-order valence-electron chi connectivity index (χ4n) is 1.93. The molecule has 1 saturated heterocycles. The molecule has 1 N–H and O–H groups in total. The predicted octanol–water partition coefficient (Wildman–Crippen LogP) is 1.08. The number of hydrogen-bond donors (Lipinski definition) is 1. The van der Waals surface area contributed by atoms with Crippen LogP contribution in [-0.2, 0) is 4.74 Å². The van der Waals surface area contributed by atoms with E-state index < -0.39 is 0 Å². The third-order valence-corrected chi connectivity index (χ3v) is 2.67. The second-order valence-corrected chi connectivity index (χ2v) is 4.01. The lowest BCUT2D eigenvalue weighted by Gasteiger charge is -2.32. The van der Waals surface area contributed by atoms with E-state index in [1.807, 2.05) is 11.8 Å². The molecule has 0 radical (unpaired) electrons. The van der Waals surface area contributed by atoms with Crippen molar-refractivity contribution in [2.24, 2.45) is 5.92 Å². The highest BCUT2D eigenvalue weighted by Crippen LogP contribution is 2.16. The van der Waals surface area contributed by atoms with Gasteiger partial charge in [-0.1, -0.05) is 5.92 Å². The Balaban J connectivity index is 2.29. The zero-order valence-electron chi connectivity index (χ0n) is 9.87. The Morgan fingerprint density at radius 1 is 1.69 bits per heavy atom. The molecule has 0 aliphatic carbocycles. The van der Waals surface area contributed by atoms with Gasteiger partial charge in [-0.25, -0.2) is 4.79 Å². The zero-order valence-corrected chi connectivity index (χ0v) is 9.87. The minimum Gasteiger partial charge on any atom is -0.368 e. The van der Waals surface area contributed by atoms with Crippen molar-refractivity contribution in [2.75, 3.05) is 32.8 Å². The molecule has 16 heavy (non-hydrogen) atoms. The van der Waals surface area contributed by atoms with Crippen LogP contribution in [0.5, 0.6) is 0 Å². The number of hydrogen-bond acceptors (Lipinski definition) is 2. The van der Waals surface area contributed by atoms with E-state index in [1.54, 1.807) is 0 Å². The number of ether oxygens (including phenoxy) is 1. The topological polar surface area (TPSA) is 41.6 Å². The summed E-state index contributed by atoms with van der Waals surface area (Å²) in [7, 11) is 0. The molecule has 1 fully saturated rings. The molecule has 4 nitrogen and oxygen atoms in total. The summed E-state index contributed by atoms with van der Waals surface area (Å²) in [6, 6.07) is 0.0316. The number of amides is 2. The Labute approximate surface area is 97.3 Å². The molecular weight excluding hydrogens is 204 g/mol. The van der Waals surface area contributed by atoms with Gasteiger partial charge in [0.05, 0.1) is 6.61 Å². The SMILES string of the molecule is C#CCOCC1CCCN(C(=O)NCC)C1. The Bertz CT molecular complexity index is 260. The van der Waals surface area contributed by atoms with Crippen molar-refractivity contribution in [1.82, 2.24) is 10.2 Å². The zero-order chi connectivity index (χ0) is 11.8. The van der Waals surface area contributed by atoms with Crippen LogP contribution in [0.4, 0.5) is 4.79 Å². The number of urea groups is 1. The summed E-state index contributed by atoms with van der Waals surface area (Å²) in [5.74, 6) is 2.87. The largest absolute Gasteiger partial charge is 0.368 e. The summed E-state index contributed by atoms with van der Waals surface area (Å²) >= 11 is 0. The normalized spacial score (nSPS) is 20.2. The molecule has 1 aliphatic heterocycles. The van der Waals surface area contributed by atoms with Crippen LogP contribution in [0.1, 0.15) is 19.8 Å². The second-order valence-electron chi connectivity index (χ2n) is 4.01. The first-order valence-corrected chi connectivity index (χ1v) is 5.82. The van der Waals surface area contributed by atoms with Crippen molar-refractivity contribution in [2.45, 2.75) is 19.8 Å². The van der Waals surface area contributed by atoms with Crippen LogP contribution < -0.4 is 5.32 Å².